The number of phenolic OH excluding ortho intramolecular Hbond substituents is 1. The van der Waals surface area contributed by atoms with Crippen molar-refractivity contribution >= 4 is 5.91 Å². The molecule has 1 N–H and O–H groups in total. The fourth-order valence-electron chi connectivity index (χ4n) is 4.11. The van der Waals surface area contributed by atoms with E-state index in [1.54, 1.807) is 18.2 Å². The minimum absolute atomic E-state index is 0.118. The van der Waals surface area contributed by atoms with Gasteiger partial charge in [0.05, 0.1) is 0 Å². The lowest BCUT2D eigenvalue weighted by atomic mass is 9.95. The van der Waals surface area contributed by atoms with Gasteiger partial charge in [-0.05, 0) is 55.1 Å². The predicted molar refractivity (Wildman–Crippen MR) is 97.6 cm³/mol. The lowest BCUT2D eigenvalue weighted by Gasteiger charge is -2.41. The largest absolute Gasteiger partial charge is 0.508 e. The number of fused-ring (bicyclic) bond motifs is 1. The van der Waals surface area contributed by atoms with Gasteiger partial charge in [0.1, 0.15) is 5.75 Å². The van der Waals surface area contributed by atoms with E-state index in [4.69, 9.17) is 0 Å². The van der Waals surface area contributed by atoms with Gasteiger partial charge in [0.15, 0.2) is 0 Å². The average molecular weight is 336 g/mol. The zero-order valence-electron chi connectivity index (χ0n) is 14.4. The predicted octanol–water partition coefficient (Wildman–Crippen LogP) is 3.06. The third-order valence-electron chi connectivity index (χ3n) is 5.37. The molecule has 1 saturated heterocycles. The van der Waals surface area contributed by atoms with Gasteiger partial charge in [-0.15, -0.1) is 0 Å². The summed E-state index contributed by atoms with van der Waals surface area (Å²) in [6, 6.07) is 15.9. The molecule has 0 bridgehead atoms. The second-order valence-corrected chi connectivity index (χ2v) is 7.11. The Labute approximate surface area is 148 Å². The van der Waals surface area contributed by atoms with Gasteiger partial charge in [-0.3, -0.25) is 9.69 Å². The van der Waals surface area contributed by atoms with Crippen molar-refractivity contribution in [3.8, 4) is 5.75 Å². The van der Waals surface area contributed by atoms with Crippen LogP contribution in [0.1, 0.15) is 34.3 Å². The number of carbonyl (C=O) groups excluding carboxylic acids is 1. The summed E-state index contributed by atoms with van der Waals surface area (Å²) in [5.74, 6) is 0.361. The lowest BCUT2D eigenvalue weighted by molar-refractivity contribution is 0.0515. The summed E-state index contributed by atoms with van der Waals surface area (Å²) in [6.07, 6.45) is 3.03. The highest BCUT2D eigenvalue weighted by Gasteiger charge is 2.32. The first-order chi connectivity index (χ1) is 12.2. The number of aromatic hydroxyl groups is 1. The fraction of sp³-hybridized carbons (Fsp3) is 0.381. The Bertz CT molecular complexity index is 760. The molecule has 0 spiro atoms. The van der Waals surface area contributed by atoms with E-state index >= 15 is 0 Å². The normalized spacial score (nSPS) is 21.2. The SMILES string of the molecule is O=C1c2ccc(O)cc2CCN1[C@@H]1CCCN(Cc2ccccc2)C1. The minimum atomic E-state index is 0.118. The van der Waals surface area contributed by atoms with Crippen molar-refractivity contribution in [2.24, 2.45) is 0 Å². The van der Waals surface area contributed by atoms with E-state index in [1.807, 2.05) is 6.07 Å². The van der Waals surface area contributed by atoms with Gasteiger partial charge < -0.3 is 10.0 Å². The zero-order chi connectivity index (χ0) is 17.2. The summed E-state index contributed by atoms with van der Waals surface area (Å²) < 4.78 is 0. The van der Waals surface area contributed by atoms with Crippen LogP contribution in [0.3, 0.4) is 0 Å². The molecule has 4 nitrogen and oxygen atoms in total. The number of likely N-dealkylation sites (tertiary alicyclic amines) is 1. The van der Waals surface area contributed by atoms with Gasteiger partial charge in [0.2, 0.25) is 0 Å². The highest BCUT2D eigenvalue weighted by atomic mass is 16.3. The Morgan fingerprint density at radius 1 is 1.08 bits per heavy atom. The Morgan fingerprint density at radius 2 is 1.92 bits per heavy atom. The summed E-state index contributed by atoms with van der Waals surface area (Å²) in [5.41, 5.74) is 3.05. The molecule has 2 heterocycles. The third kappa shape index (κ3) is 3.40. The summed E-state index contributed by atoms with van der Waals surface area (Å²) in [5, 5.41) is 9.63. The van der Waals surface area contributed by atoms with Gasteiger partial charge in [-0.2, -0.15) is 0 Å². The second-order valence-electron chi connectivity index (χ2n) is 7.11. The summed E-state index contributed by atoms with van der Waals surface area (Å²) >= 11 is 0. The molecule has 2 aliphatic rings. The average Bonchev–Trinajstić information content (AvgIpc) is 2.63. The molecule has 0 saturated carbocycles. The second kappa shape index (κ2) is 6.89. The molecular formula is C21H24N2O2. The van der Waals surface area contributed by atoms with Gasteiger partial charge >= 0.3 is 0 Å². The molecule has 130 valence electrons. The Morgan fingerprint density at radius 3 is 2.76 bits per heavy atom. The van der Waals surface area contributed by atoms with Gasteiger partial charge in [-0.1, -0.05) is 30.3 Å². The summed E-state index contributed by atoms with van der Waals surface area (Å²) in [4.78, 5) is 17.4. The monoisotopic (exact) mass is 336 g/mol. The van der Waals surface area contributed by atoms with Crippen LogP contribution in [0.2, 0.25) is 0 Å². The number of phenols is 1. The highest BCUT2D eigenvalue weighted by Crippen LogP contribution is 2.27. The van der Waals surface area contributed by atoms with Crippen LogP contribution in [0.5, 0.6) is 5.75 Å². The van der Waals surface area contributed by atoms with Crippen molar-refractivity contribution in [2.75, 3.05) is 19.6 Å². The highest BCUT2D eigenvalue weighted by molar-refractivity contribution is 5.97. The van der Waals surface area contributed by atoms with E-state index < -0.39 is 0 Å². The van der Waals surface area contributed by atoms with E-state index in [9.17, 15) is 9.90 Å². The van der Waals surface area contributed by atoms with Crippen molar-refractivity contribution in [3.05, 3.63) is 65.2 Å². The topological polar surface area (TPSA) is 43.8 Å². The van der Waals surface area contributed by atoms with E-state index in [0.717, 1.165) is 56.6 Å². The van der Waals surface area contributed by atoms with E-state index in [0.29, 0.717) is 0 Å². The number of carbonyl (C=O) groups is 1. The van der Waals surface area contributed by atoms with Crippen LogP contribution < -0.4 is 0 Å². The van der Waals surface area contributed by atoms with E-state index in [-0.39, 0.29) is 17.7 Å². The molecule has 0 radical (unpaired) electrons. The molecule has 4 rings (SSSR count). The van der Waals surface area contributed by atoms with Crippen molar-refractivity contribution in [2.45, 2.75) is 31.8 Å². The minimum Gasteiger partial charge on any atom is -0.508 e. The molecule has 2 aromatic rings. The van der Waals surface area contributed by atoms with Gasteiger partial charge in [0, 0.05) is 31.2 Å². The van der Waals surface area contributed by atoms with Crippen LogP contribution >= 0.6 is 0 Å². The summed E-state index contributed by atoms with van der Waals surface area (Å²) in [7, 11) is 0. The quantitative estimate of drug-likeness (QED) is 0.937. The first-order valence-corrected chi connectivity index (χ1v) is 9.10. The maximum atomic E-state index is 12.9. The molecule has 0 unspecified atom stereocenters. The van der Waals surface area contributed by atoms with E-state index in [1.165, 1.54) is 5.56 Å². The van der Waals surface area contributed by atoms with Crippen molar-refractivity contribution in [1.82, 2.24) is 9.80 Å². The standard InChI is InChI=1S/C21H24N2O2/c24-19-8-9-20-17(13-19)10-12-23(21(20)25)18-7-4-11-22(15-18)14-16-5-2-1-3-6-16/h1-3,5-6,8-9,13,18,24H,4,7,10-12,14-15H2/t18-/m1/s1. The van der Waals surface area contributed by atoms with Crippen molar-refractivity contribution < 1.29 is 9.90 Å². The Hall–Kier alpha value is -2.33. The number of benzene rings is 2. The van der Waals surface area contributed by atoms with Crippen LogP contribution in [0.4, 0.5) is 0 Å². The number of nitrogens with zero attached hydrogens (tertiary/aromatic N) is 2. The molecule has 4 heteroatoms. The van der Waals surface area contributed by atoms with E-state index in [2.05, 4.69) is 34.1 Å². The van der Waals surface area contributed by atoms with Gasteiger partial charge in [-0.25, -0.2) is 0 Å². The molecule has 2 aromatic carbocycles. The smallest absolute Gasteiger partial charge is 0.254 e. The first kappa shape index (κ1) is 16.2. The van der Waals surface area contributed by atoms with Crippen molar-refractivity contribution in [1.29, 1.82) is 0 Å². The number of hydrogen-bond donors (Lipinski definition) is 1. The van der Waals surface area contributed by atoms with Crippen LogP contribution in [0.25, 0.3) is 0 Å². The molecular weight excluding hydrogens is 312 g/mol. The molecule has 2 aliphatic heterocycles. The molecule has 1 fully saturated rings. The lowest BCUT2D eigenvalue weighted by Crippen LogP contribution is -2.52. The fourth-order valence-corrected chi connectivity index (χ4v) is 4.11. The Kier molecular flexibility index (Phi) is 4.45. The van der Waals surface area contributed by atoms with Crippen LogP contribution in [-0.4, -0.2) is 46.5 Å². The first-order valence-electron chi connectivity index (χ1n) is 9.10. The van der Waals surface area contributed by atoms with Crippen LogP contribution in [-0.2, 0) is 13.0 Å². The number of hydrogen-bond acceptors (Lipinski definition) is 3. The van der Waals surface area contributed by atoms with Crippen LogP contribution in [0.15, 0.2) is 48.5 Å². The molecule has 0 aliphatic carbocycles. The number of amides is 1. The third-order valence-corrected chi connectivity index (χ3v) is 5.37. The Balaban J connectivity index is 1.46. The maximum Gasteiger partial charge on any atom is 0.254 e. The molecule has 25 heavy (non-hydrogen) atoms. The number of piperidine rings is 1. The molecule has 1 amide bonds. The molecule has 1 atom stereocenters. The maximum absolute atomic E-state index is 12.9. The van der Waals surface area contributed by atoms with Crippen molar-refractivity contribution in [3.63, 3.8) is 0 Å². The molecule has 0 aromatic heterocycles. The summed E-state index contributed by atoms with van der Waals surface area (Å²) in [6.45, 7) is 3.73. The zero-order valence-corrected chi connectivity index (χ0v) is 14.4. The van der Waals surface area contributed by atoms with Gasteiger partial charge in [0.25, 0.3) is 5.91 Å². The number of rotatable bonds is 3. The van der Waals surface area contributed by atoms with Crippen LogP contribution in [0, 0.1) is 0 Å².